The zero-order chi connectivity index (χ0) is 10.6. The maximum Gasteiger partial charge on any atom is 0.0840 e. The maximum absolute atomic E-state index is 9.97. The molecule has 0 fully saturated rings. The normalized spacial score (nSPS) is 27.1. The van der Waals surface area contributed by atoms with Crippen LogP contribution in [0.3, 0.4) is 0 Å². The SMILES string of the molecule is CC(C)(O)c1ccc2c(c1)[C@H]1C=C[C@H]2C1. The number of allylic oxidation sites excluding steroid dienone is 2. The summed E-state index contributed by atoms with van der Waals surface area (Å²) in [5.41, 5.74) is 3.21. The Kier molecular flexibility index (Phi) is 1.67. The topological polar surface area (TPSA) is 20.2 Å². The van der Waals surface area contributed by atoms with Gasteiger partial charge in [-0.3, -0.25) is 0 Å². The van der Waals surface area contributed by atoms with E-state index in [9.17, 15) is 5.11 Å². The first kappa shape index (κ1) is 9.17. The fraction of sp³-hybridized carbons (Fsp3) is 0.429. The molecule has 2 atom stereocenters. The summed E-state index contributed by atoms with van der Waals surface area (Å²) in [6.07, 6.45) is 5.86. The molecule has 2 bridgehead atoms. The molecule has 1 heteroatoms. The van der Waals surface area contributed by atoms with E-state index in [2.05, 4.69) is 30.4 Å². The molecule has 2 aliphatic carbocycles. The molecule has 1 nitrogen and oxygen atoms in total. The number of rotatable bonds is 1. The molecule has 0 aromatic heterocycles. The highest BCUT2D eigenvalue weighted by molar-refractivity contribution is 5.49. The van der Waals surface area contributed by atoms with Gasteiger partial charge in [-0.1, -0.05) is 30.4 Å². The molecule has 0 saturated carbocycles. The zero-order valence-corrected chi connectivity index (χ0v) is 9.20. The lowest BCUT2D eigenvalue weighted by atomic mass is 9.90. The highest BCUT2D eigenvalue weighted by Crippen LogP contribution is 2.48. The van der Waals surface area contributed by atoms with Crippen molar-refractivity contribution in [3.8, 4) is 0 Å². The van der Waals surface area contributed by atoms with Gasteiger partial charge in [0.1, 0.15) is 0 Å². The molecule has 2 aliphatic rings. The van der Waals surface area contributed by atoms with Crippen molar-refractivity contribution >= 4 is 0 Å². The van der Waals surface area contributed by atoms with Crippen LogP contribution >= 0.6 is 0 Å². The third-order valence-electron chi connectivity index (χ3n) is 3.68. The molecule has 0 amide bonds. The van der Waals surface area contributed by atoms with Gasteiger partial charge < -0.3 is 5.11 Å². The van der Waals surface area contributed by atoms with Crippen LogP contribution in [0.1, 0.15) is 48.8 Å². The molecular weight excluding hydrogens is 184 g/mol. The third-order valence-corrected chi connectivity index (χ3v) is 3.68. The Morgan fingerprint density at radius 3 is 2.47 bits per heavy atom. The summed E-state index contributed by atoms with van der Waals surface area (Å²) in [5, 5.41) is 9.97. The number of aliphatic hydroxyl groups is 1. The second-order valence-corrected chi connectivity index (χ2v) is 5.24. The highest BCUT2D eigenvalue weighted by atomic mass is 16.3. The first-order valence-corrected chi connectivity index (χ1v) is 5.61. The summed E-state index contributed by atoms with van der Waals surface area (Å²) < 4.78 is 0. The summed E-state index contributed by atoms with van der Waals surface area (Å²) in [6.45, 7) is 3.69. The second-order valence-electron chi connectivity index (χ2n) is 5.24. The number of hydrogen-bond acceptors (Lipinski definition) is 1. The minimum atomic E-state index is -0.722. The van der Waals surface area contributed by atoms with Gasteiger partial charge in [0.2, 0.25) is 0 Å². The van der Waals surface area contributed by atoms with Crippen molar-refractivity contribution in [3.05, 3.63) is 47.0 Å². The quantitative estimate of drug-likeness (QED) is 0.691. The lowest BCUT2D eigenvalue weighted by Gasteiger charge is -2.20. The average Bonchev–Trinajstić information content (AvgIpc) is 2.76. The number of hydrogen-bond donors (Lipinski definition) is 1. The van der Waals surface area contributed by atoms with E-state index in [1.54, 1.807) is 0 Å². The smallest absolute Gasteiger partial charge is 0.0840 e. The van der Waals surface area contributed by atoms with Crippen molar-refractivity contribution in [2.75, 3.05) is 0 Å². The van der Waals surface area contributed by atoms with E-state index >= 15 is 0 Å². The van der Waals surface area contributed by atoms with Gasteiger partial charge in [-0.2, -0.15) is 0 Å². The molecule has 15 heavy (non-hydrogen) atoms. The van der Waals surface area contributed by atoms with Crippen molar-refractivity contribution in [2.24, 2.45) is 0 Å². The van der Waals surface area contributed by atoms with Gasteiger partial charge in [-0.05, 0) is 37.0 Å². The van der Waals surface area contributed by atoms with Crippen LogP contribution in [0.2, 0.25) is 0 Å². The number of benzene rings is 1. The van der Waals surface area contributed by atoms with Gasteiger partial charge in [0.25, 0.3) is 0 Å². The van der Waals surface area contributed by atoms with Crippen molar-refractivity contribution in [3.63, 3.8) is 0 Å². The van der Waals surface area contributed by atoms with Crippen LogP contribution in [0, 0.1) is 0 Å². The van der Waals surface area contributed by atoms with E-state index in [1.165, 1.54) is 17.5 Å². The zero-order valence-electron chi connectivity index (χ0n) is 9.20. The van der Waals surface area contributed by atoms with E-state index in [4.69, 9.17) is 0 Å². The van der Waals surface area contributed by atoms with E-state index in [0.717, 1.165) is 5.56 Å². The maximum atomic E-state index is 9.97. The van der Waals surface area contributed by atoms with Crippen molar-refractivity contribution in [1.29, 1.82) is 0 Å². The van der Waals surface area contributed by atoms with Gasteiger partial charge >= 0.3 is 0 Å². The van der Waals surface area contributed by atoms with Gasteiger partial charge in [-0.15, -0.1) is 0 Å². The van der Waals surface area contributed by atoms with Crippen LogP contribution in [0.25, 0.3) is 0 Å². The second kappa shape index (κ2) is 2.73. The molecule has 0 spiro atoms. The molecule has 1 N–H and O–H groups in total. The minimum absolute atomic E-state index is 0.604. The van der Waals surface area contributed by atoms with Gasteiger partial charge in [0, 0.05) is 11.8 Å². The van der Waals surface area contributed by atoms with Crippen molar-refractivity contribution in [1.82, 2.24) is 0 Å². The van der Waals surface area contributed by atoms with Crippen LogP contribution in [0.4, 0.5) is 0 Å². The molecule has 0 heterocycles. The van der Waals surface area contributed by atoms with Crippen LogP contribution in [-0.4, -0.2) is 5.11 Å². The minimum Gasteiger partial charge on any atom is -0.386 e. The first-order chi connectivity index (χ1) is 7.05. The molecule has 0 radical (unpaired) electrons. The average molecular weight is 200 g/mol. The Labute approximate surface area is 90.4 Å². The summed E-state index contributed by atoms with van der Waals surface area (Å²) in [5.74, 6) is 1.24. The van der Waals surface area contributed by atoms with Crippen LogP contribution < -0.4 is 0 Å². The lowest BCUT2D eigenvalue weighted by molar-refractivity contribution is 0.0785. The highest BCUT2D eigenvalue weighted by Gasteiger charge is 2.33. The Hall–Kier alpha value is -1.08. The fourth-order valence-electron chi connectivity index (χ4n) is 2.77. The molecule has 1 aromatic rings. The van der Waals surface area contributed by atoms with Gasteiger partial charge in [0.15, 0.2) is 0 Å². The summed E-state index contributed by atoms with van der Waals surface area (Å²) >= 11 is 0. The largest absolute Gasteiger partial charge is 0.386 e. The molecule has 3 rings (SSSR count). The fourth-order valence-corrected chi connectivity index (χ4v) is 2.77. The Balaban J connectivity index is 2.10. The molecular formula is C14H16O. The Morgan fingerprint density at radius 2 is 1.80 bits per heavy atom. The molecule has 78 valence electrons. The third kappa shape index (κ3) is 1.26. The predicted octanol–water partition coefficient (Wildman–Crippen LogP) is 3.05. The van der Waals surface area contributed by atoms with Crippen LogP contribution in [0.5, 0.6) is 0 Å². The lowest BCUT2D eigenvalue weighted by Crippen LogP contribution is -2.16. The number of fused-ring (bicyclic) bond motifs is 5. The van der Waals surface area contributed by atoms with Crippen molar-refractivity contribution in [2.45, 2.75) is 37.7 Å². The molecule has 0 saturated heterocycles. The van der Waals surface area contributed by atoms with E-state index in [-0.39, 0.29) is 0 Å². The summed E-state index contributed by atoms with van der Waals surface area (Å²) in [4.78, 5) is 0. The first-order valence-electron chi connectivity index (χ1n) is 5.61. The van der Waals surface area contributed by atoms with Gasteiger partial charge in [-0.25, -0.2) is 0 Å². The van der Waals surface area contributed by atoms with E-state index < -0.39 is 5.60 Å². The molecule has 1 aromatic carbocycles. The van der Waals surface area contributed by atoms with Crippen LogP contribution in [-0.2, 0) is 5.60 Å². The Bertz CT molecular complexity index is 437. The van der Waals surface area contributed by atoms with E-state index in [1.807, 2.05) is 13.8 Å². The molecule has 0 aliphatic heterocycles. The summed E-state index contributed by atoms with van der Waals surface area (Å²) in [6, 6.07) is 6.44. The predicted molar refractivity (Wildman–Crippen MR) is 60.9 cm³/mol. The van der Waals surface area contributed by atoms with Crippen molar-refractivity contribution < 1.29 is 5.11 Å². The Morgan fingerprint density at radius 1 is 1.13 bits per heavy atom. The van der Waals surface area contributed by atoms with Gasteiger partial charge in [0.05, 0.1) is 5.60 Å². The van der Waals surface area contributed by atoms with Crippen LogP contribution in [0.15, 0.2) is 30.4 Å². The summed E-state index contributed by atoms with van der Waals surface area (Å²) in [7, 11) is 0. The molecule has 0 unspecified atom stereocenters. The standard InChI is InChI=1S/C14H16O/c1-14(2,15)11-5-6-12-9-3-4-10(7-9)13(12)8-11/h3-6,8-10,15H,7H2,1-2H3/t9-,10-/m0/s1. The monoisotopic (exact) mass is 200 g/mol. The van der Waals surface area contributed by atoms with E-state index in [0.29, 0.717) is 11.8 Å².